The van der Waals surface area contributed by atoms with Crippen molar-refractivity contribution >= 4 is 30.6 Å². The van der Waals surface area contributed by atoms with E-state index in [1.165, 1.54) is 0 Å². The first-order chi connectivity index (χ1) is 15.4. The molecule has 0 amide bonds. The second kappa shape index (κ2) is 11.3. The number of hydrogen-bond acceptors (Lipinski definition) is 7. The molecule has 0 aromatic heterocycles. The lowest BCUT2D eigenvalue weighted by Gasteiger charge is -2.41. The molecular weight excluding hydrogens is 424 g/mol. The van der Waals surface area contributed by atoms with E-state index in [4.69, 9.17) is 14.3 Å². The highest BCUT2D eigenvalue weighted by Crippen LogP contribution is 2.24. The molecule has 2 aromatic carbocycles. The number of ether oxygens (including phenoxy) is 2. The van der Waals surface area contributed by atoms with Crippen molar-refractivity contribution in [3.8, 4) is 0 Å². The smallest absolute Gasteiger partial charge is 0.428 e. The number of carbonyl (C=O) groups excluding carboxylic acids is 1. The largest absolute Gasteiger partial charge is 0.535 e. The summed E-state index contributed by atoms with van der Waals surface area (Å²) in [6, 6.07) is 15.5. The molecule has 0 spiro atoms. The molecule has 1 fully saturated rings. The number of carbonyl (C=O) groups is 1. The molecule has 0 bridgehead atoms. The predicted octanol–water partition coefficient (Wildman–Crippen LogP) is 4.93. The van der Waals surface area contributed by atoms with Crippen molar-refractivity contribution in [3.63, 3.8) is 0 Å². The van der Waals surface area contributed by atoms with E-state index in [1.54, 1.807) is 6.08 Å². The van der Waals surface area contributed by atoms with Gasteiger partial charge in [-0.2, -0.15) is 12.6 Å². The standard InChI is InChI=1S/C25H30N2O4S/c1-4-19-5-7-20(8-6-19)17-30-24(28)31-26-23(22-11-9-21(18-32)10-12-22)25(2,3)27-13-15-29-16-14-27/h4-12,32H,1,13-18H2,2-3H3/b26-23+. The summed E-state index contributed by atoms with van der Waals surface area (Å²) in [7, 11) is 0. The predicted molar refractivity (Wildman–Crippen MR) is 130 cm³/mol. The number of oxime groups is 1. The summed E-state index contributed by atoms with van der Waals surface area (Å²) in [5.41, 5.74) is 4.00. The zero-order valence-corrected chi connectivity index (χ0v) is 19.5. The molecule has 1 heterocycles. The molecule has 1 saturated heterocycles. The van der Waals surface area contributed by atoms with Crippen LogP contribution < -0.4 is 0 Å². The Balaban J connectivity index is 1.75. The van der Waals surface area contributed by atoms with Crippen LogP contribution in [0.5, 0.6) is 0 Å². The topological polar surface area (TPSA) is 60.4 Å². The Morgan fingerprint density at radius 1 is 1.12 bits per heavy atom. The lowest BCUT2D eigenvalue weighted by molar-refractivity contribution is 0.00838. The first kappa shape index (κ1) is 24.0. The van der Waals surface area contributed by atoms with Gasteiger partial charge in [0.25, 0.3) is 0 Å². The van der Waals surface area contributed by atoms with E-state index in [2.05, 4.69) is 43.1 Å². The molecule has 3 rings (SSSR count). The summed E-state index contributed by atoms with van der Waals surface area (Å²) < 4.78 is 10.7. The van der Waals surface area contributed by atoms with Gasteiger partial charge in [0, 0.05) is 24.4 Å². The summed E-state index contributed by atoms with van der Waals surface area (Å²) >= 11 is 4.33. The van der Waals surface area contributed by atoms with E-state index in [1.807, 2.05) is 48.5 Å². The lowest BCUT2D eigenvalue weighted by atomic mass is 9.89. The first-order valence-corrected chi connectivity index (χ1v) is 11.2. The van der Waals surface area contributed by atoms with Gasteiger partial charge < -0.3 is 9.47 Å². The van der Waals surface area contributed by atoms with E-state index in [0.717, 1.165) is 35.3 Å². The number of thiol groups is 1. The average molecular weight is 455 g/mol. The molecule has 1 aliphatic heterocycles. The van der Waals surface area contributed by atoms with Gasteiger partial charge in [-0.1, -0.05) is 66.3 Å². The minimum atomic E-state index is -0.847. The molecule has 1 aliphatic rings. The second-order valence-electron chi connectivity index (χ2n) is 8.03. The van der Waals surface area contributed by atoms with Crippen LogP contribution in [0.2, 0.25) is 0 Å². The Morgan fingerprint density at radius 2 is 1.75 bits per heavy atom. The minimum Gasteiger partial charge on any atom is -0.428 e. The average Bonchev–Trinajstić information content (AvgIpc) is 2.84. The molecule has 0 saturated carbocycles. The monoisotopic (exact) mass is 454 g/mol. The summed E-state index contributed by atoms with van der Waals surface area (Å²) in [6.07, 6.45) is 0.911. The van der Waals surface area contributed by atoms with Crippen molar-refractivity contribution in [2.45, 2.75) is 31.7 Å². The Kier molecular flexibility index (Phi) is 8.50. The highest BCUT2D eigenvalue weighted by atomic mass is 32.1. The van der Waals surface area contributed by atoms with E-state index in [-0.39, 0.29) is 6.61 Å². The van der Waals surface area contributed by atoms with Crippen LogP contribution in [0, 0.1) is 0 Å². The SMILES string of the molecule is C=Cc1ccc(COC(=O)O/N=C(\c2ccc(CS)cc2)C(C)(C)N2CCOCC2)cc1. The molecule has 7 heteroatoms. The number of hydrogen-bond donors (Lipinski definition) is 1. The fourth-order valence-electron chi connectivity index (χ4n) is 3.56. The van der Waals surface area contributed by atoms with Crippen LogP contribution >= 0.6 is 12.6 Å². The Bertz CT molecular complexity index is 933. The molecule has 32 heavy (non-hydrogen) atoms. The number of benzene rings is 2. The molecule has 0 N–H and O–H groups in total. The van der Waals surface area contributed by atoms with Gasteiger partial charge >= 0.3 is 6.16 Å². The van der Waals surface area contributed by atoms with Gasteiger partial charge in [-0.15, -0.1) is 0 Å². The van der Waals surface area contributed by atoms with E-state index >= 15 is 0 Å². The Labute approximate surface area is 195 Å². The molecule has 0 atom stereocenters. The van der Waals surface area contributed by atoms with Gasteiger partial charge in [-0.05, 0) is 30.5 Å². The molecule has 2 aromatic rings. The van der Waals surface area contributed by atoms with Crippen LogP contribution in [0.3, 0.4) is 0 Å². The highest BCUT2D eigenvalue weighted by Gasteiger charge is 2.35. The number of nitrogens with zero attached hydrogens (tertiary/aromatic N) is 2. The van der Waals surface area contributed by atoms with E-state index in [0.29, 0.717) is 24.7 Å². The van der Waals surface area contributed by atoms with Crippen molar-refractivity contribution in [1.29, 1.82) is 0 Å². The molecule has 0 aliphatic carbocycles. The van der Waals surface area contributed by atoms with E-state index in [9.17, 15) is 4.79 Å². The Hall–Kier alpha value is -2.61. The third-order valence-corrected chi connectivity index (χ3v) is 5.94. The zero-order chi connectivity index (χ0) is 23.0. The highest BCUT2D eigenvalue weighted by molar-refractivity contribution is 7.79. The maximum absolute atomic E-state index is 12.3. The molecular formula is C25H30N2O4S. The summed E-state index contributed by atoms with van der Waals surface area (Å²) in [6.45, 7) is 10.8. The third-order valence-electron chi connectivity index (χ3n) is 5.57. The van der Waals surface area contributed by atoms with Gasteiger partial charge in [-0.25, -0.2) is 4.79 Å². The fourth-order valence-corrected chi connectivity index (χ4v) is 3.77. The molecule has 0 radical (unpaired) electrons. The molecule has 170 valence electrons. The molecule has 6 nitrogen and oxygen atoms in total. The first-order valence-electron chi connectivity index (χ1n) is 10.6. The summed E-state index contributed by atoms with van der Waals surface area (Å²) in [5.74, 6) is 0.649. The van der Waals surface area contributed by atoms with Crippen molar-refractivity contribution in [2.75, 3.05) is 26.3 Å². The maximum Gasteiger partial charge on any atom is 0.535 e. The van der Waals surface area contributed by atoms with Crippen LogP contribution in [0.4, 0.5) is 4.79 Å². The van der Waals surface area contributed by atoms with Crippen molar-refractivity contribution in [2.24, 2.45) is 5.16 Å². The number of morpholine rings is 1. The quantitative estimate of drug-likeness (QED) is 0.202. The second-order valence-corrected chi connectivity index (χ2v) is 8.35. The zero-order valence-electron chi connectivity index (χ0n) is 18.6. The van der Waals surface area contributed by atoms with Crippen molar-refractivity contribution in [3.05, 3.63) is 77.4 Å². The minimum absolute atomic E-state index is 0.102. The fraction of sp³-hybridized carbons (Fsp3) is 0.360. The number of rotatable bonds is 8. The third kappa shape index (κ3) is 6.22. The summed E-state index contributed by atoms with van der Waals surface area (Å²) in [4.78, 5) is 19.7. The van der Waals surface area contributed by atoms with Gasteiger partial charge in [0.2, 0.25) is 0 Å². The van der Waals surface area contributed by atoms with Crippen LogP contribution in [0.15, 0.2) is 60.3 Å². The van der Waals surface area contributed by atoms with Crippen LogP contribution in [0.25, 0.3) is 6.08 Å². The van der Waals surface area contributed by atoms with Crippen molar-refractivity contribution < 1.29 is 19.1 Å². The van der Waals surface area contributed by atoms with Gasteiger partial charge in [0.1, 0.15) is 12.3 Å². The Morgan fingerprint density at radius 3 is 2.34 bits per heavy atom. The van der Waals surface area contributed by atoms with Crippen LogP contribution in [-0.4, -0.2) is 48.6 Å². The van der Waals surface area contributed by atoms with E-state index < -0.39 is 11.7 Å². The molecule has 0 unspecified atom stereocenters. The van der Waals surface area contributed by atoms with Gasteiger partial charge in [0.15, 0.2) is 0 Å². The normalized spacial score (nSPS) is 15.3. The van der Waals surface area contributed by atoms with Crippen LogP contribution in [-0.2, 0) is 26.7 Å². The van der Waals surface area contributed by atoms with Crippen LogP contribution in [0.1, 0.15) is 36.1 Å². The maximum atomic E-state index is 12.3. The van der Waals surface area contributed by atoms with Crippen molar-refractivity contribution in [1.82, 2.24) is 4.90 Å². The summed E-state index contributed by atoms with van der Waals surface area (Å²) in [5, 5.41) is 4.26. The van der Waals surface area contributed by atoms with Gasteiger partial charge in [0.05, 0.1) is 18.8 Å². The lowest BCUT2D eigenvalue weighted by Crippen LogP contribution is -2.54. The van der Waals surface area contributed by atoms with Gasteiger partial charge in [-0.3, -0.25) is 9.74 Å².